The molecule has 0 aliphatic heterocycles. The molecule has 0 spiro atoms. The molecule has 0 aliphatic rings. The minimum Gasteiger partial charge on any atom is -0.322 e. The fraction of sp³-hybridized carbons (Fsp3) is 0.200. The van der Waals surface area contributed by atoms with Crippen LogP contribution in [0.15, 0.2) is 24.3 Å². The first-order chi connectivity index (χ1) is 8.09. The lowest BCUT2D eigenvalue weighted by atomic mass is 10.2. The van der Waals surface area contributed by atoms with E-state index in [-0.39, 0.29) is 11.7 Å². The first-order valence-electron chi connectivity index (χ1n) is 4.92. The second kappa shape index (κ2) is 4.56. The normalized spacial score (nSPS) is 12.4. The average Bonchev–Trinajstić information content (AvgIpc) is 2.78. The molecule has 0 saturated heterocycles. The Hall–Kier alpha value is -1.86. The molecule has 0 aliphatic carbocycles. The van der Waals surface area contributed by atoms with E-state index in [9.17, 15) is 10.1 Å². The standard InChI is InChI=1S/C10H10N4O2S/c1-6(11)9-12-13-10(17-9)7-4-2-3-5-8(7)14(15)16/h2-6H,11H2,1H3. The molecule has 2 rings (SSSR count). The van der Waals surface area contributed by atoms with Crippen LogP contribution in [-0.2, 0) is 0 Å². The van der Waals surface area contributed by atoms with Crippen molar-refractivity contribution in [2.75, 3.05) is 0 Å². The van der Waals surface area contributed by atoms with Crippen molar-refractivity contribution >= 4 is 17.0 Å². The molecule has 2 N–H and O–H groups in total. The molecule has 1 aromatic heterocycles. The number of hydrogen-bond donors (Lipinski definition) is 1. The molecule has 0 saturated carbocycles. The van der Waals surface area contributed by atoms with Gasteiger partial charge >= 0.3 is 0 Å². The summed E-state index contributed by atoms with van der Waals surface area (Å²) in [7, 11) is 0. The molecule has 7 heteroatoms. The number of aromatic nitrogens is 2. The van der Waals surface area contributed by atoms with Crippen molar-refractivity contribution < 1.29 is 4.92 Å². The van der Waals surface area contributed by atoms with Crippen molar-refractivity contribution in [1.29, 1.82) is 0 Å². The molecule has 0 radical (unpaired) electrons. The summed E-state index contributed by atoms with van der Waals surface area (Å²) in [6, 6.07) is 6.24. The van der Waals surface area contributed by atoms with Crippen LogP contribution in [0.1, 0.15) is 18.0 Å². The zero-order chi connectivity index (χ0) is 12.4. The van der Waals surface area contributed by atoms with Crippen LogP contribution in [0.4, 0.5) is 5.69 Å². The molecular weight excluding hydrogens is 240 g/mol. The minimum atomic E-state index is -0.428. The lowest BCUT2D eigenvalue weighted by molar-refractivity contribution is -0.384. The van der Waals surface area contributed by atoms with Gasteiger partial charge in [0.05, 0.1) is 16.5 Å². The minimum absolute atomic E-state index is 0.0277. The molecule has 6 nitrogen and oxygen atoms in total. The summed E-state index contributed by atoms with van der Waals surface area (Å²) in [6.45, 7) is 1.80. The van der Waals surface area contributed by atoms with E-state index in [0.717, 1.165) is 0 Å². The van der Waals surface area contributed by atoms with E-state index in [4.69, 9.17) is 5.73 Å². The lowest BCUT2D eigenvalue weighted by Gasteiger charge is -1.97. The lowest BCUT2D eigenvalue weighted by Crippen LogP contribution is -2.03. The highest BCUT2D eigenvalue weighted by Crippen LogP contribution is 2.32. The van der Waals surface area contributed by atoms with Gasteiger partial charge in [0.15, 0.2) is 5.01 Å². The van der Waals surface area contributed by atoms with Crippen molar-refractivity contribution in [1.82, 2.24) is 10.2 Å². The van der Waals surface area contributed by atoms with E-state index in [1.54, 1.807) is 25.1 Å². The topological polar surface area (TPSA) is 94.9 Å². The predicted octanol–water partition coefficient (Wildman–Crippen LogP) is 2.13. The summed E-state index contributed by atoms with van der Waals surface area (Å²) in [5, 5.41) is 19.9. The quantitative estimate of drug-likeness (QED) is 0.665. The Balaban J connectivity index is 2.49. The van der Waals surface area contributed by atoms with Crippen molar-refractivity contribution in [3.8, 4) is 10.6 Å². The van der Waals surface area contributed by atoms with Crippen LogP contribution >= 0.6 is 11.3 Å². The van der Waals surface area contributed by atoms with Crippen molar-refractivity contribution in [2.24, 2.45) is 5.73 Å². The third-order valence-electron chi connectivity index (χ3n) is 2.16. The number of nitro groups is 1. The Bertz CT molecular complexity index is 553. The molecular formula is C10H10N4O2S. The molecule has 17 heavy (non-hydrogen) atoms. The van der Waals surface area contributed by atoms with Crippen LogP contribution in [0.25, 0.3) is 10.6 Å². The van der Waals surface area contributed by atoms with Crippen LogP contribution < -0.4 is 5.73 Å². The number of para-hydroxylation sites is 1. The summed E-state index contributed by atoms with van der Waals surface area (Å²) in [6.07, 6.45) is 0. The zero-order valence-electron chi connectivity index (χ0n) is 9.03. The maximum atomic E-state index is 10.9. The van der Waals surface area contributed by atoms with Crippen molar-refractivity contribution in [3.05, 3.63) is 39.4 Å². The van der Waals surface area contributed by atoms with Crippen LogP contribution in [0.2, 0.25) is 0 Å². The van der Waals surface area contributed by atoms with Crippen LogP contribution in [-0.4, -0.2) is 15.1 Å². The first-order valence-corrected chi connectivity index (χ1v) is 5.74. The number of hydrogen-bond acceptors (Lipinski definition) is 6. The van der Waals surface area contributed by atoms with Gasteiger partial charge in [-0.3, -0.25) is 10.1 Å². The third-order valence-corrected chi connectivity index (χ3v) is 3.32. The van der Waals surface area contributed by atoms with Crippen molar-refractivity contribution in [3.63, 3.8) is 0 Å². The summed E-state index contributed by atoms with van der Waals surface area (Å²) in [5.41, 5.74) is 6.18. The monoisotopic (exact) mass is 250 g/mol. The van der Waals surface area contributed by atoms with E-state index in [2.05, 4.69) is 10.2 Å². The van der Waals surface area contributed by atoms with Gasteiger partial charge in [0.1, 0.15) is 5.01 Å². The van der Waals surface area contributed by atoms with Gasteiger partial charge in [-0.15, -0.1) is 10.2 Å². The average molecular weight is 250 g/mol. The summed E-state index contributed by atoms with van der Waals surface area (Å²) in [4.78, 5) is 10.4. The molecule has 0 fully saturated rings. The van der Waals surface area contributed by atoms with Crippen LogP contribution in [0, 0.1) is 10.1 Å². The smallest absolute Gasteiger partial charge is 0.279 e. The number of nitrogens with zero attached hydrogens (tertiary/aromatic N) is 3. The fourth-order valence-electron chi connectivity index (χ4n) is 1.34. The third kappa shape index (κ3) is 2.29. The summed E-state index contributed by atoms with van der Waals surface area (Å²) >= 11 is 1.27. The van der Waals surface area contributed by atoms with Gasteiger partial charge in [-0.2, -0.15) is 0 Å². The highest BCUT2D eigenvalue weighted by molar-refractivity contribution is 7.14. The number of rotatable bonds is 3. The molecule has 1 heterocycles. The summed E-state index contributed by atoms with van der Waals surface area (Å²) < 4.78 is 0. The van der Waals surface area contributed by atoms with Gasteiger partial charge in [0, 0.05) is 6.07 Å². The van der Waals surface area contributed by atoms with Crippen LogP contribution in [0.3, 0.4) is 0 Å². The second-order valence-electron chi connectivity index (χ2n) is 3.51. The Labute approximate surface area is 101 Å². The molecule has 0 amide bonds. The van der Waals surface area contributed by atoms with Gasteiger partial charge in [0.2, 0.25) is 0 Å². The van der Waals surface area contributed by atoms with E-state index in [1.165, 1.54) is 17.4 Å². The molecule has 0 bridgehead atoms. The molecule has 2 aromatic rings. The fourth-order valence-corrected chi connectivity index (χ4v) is 2.17. The van der Waals surface area contributed by atoms with Gasteiger partial charge in [-0.05, 0) is 13.0 Å². The Morgan fingerprint density at radius 2 is 2.12 bits per heavy atom. The van der Waals surface area contributed by atoms with Gasteiger partial charge in [-0.1, -0.05) is 23.5 Å². The maximum absolute atomic E-state index is 10.9. The zero-order valence-corrected chi connectivity index (χ0v) is 9.85. The maximum Gasteiger partial charge on any atom is 0.279 e. The second-order valence-corrected chi connectivity index (χ2v) is 4.52. The van der Waals surface area contributed by atoms with Gasteiger partial charge < -0.3 is 5.73 Å². The highest BCUT2D eigenvalue weighted by Gasteiger charge is 2.18. The van der Waals surface area contributed by atoms with Crippen LogP contribution in [0.5, 0.6) is 0 Å². The first kappa shape index (κ1) is 11.6. The molecule has 88 valence electrons. The van der Waals surface area contributed by atoms with Gasteiger partial charge in [-0.25, -0.2) is 0 Å². The molecule has 1 aromatic carbocycles. The highest BCUT2D eigenvalue weighted by atomic mass is 32.1. The number of benzene rings is 1. The van der Waals surface area contributed by atoms with E-state index >= 15 is 0 Å². The molecule has 1 unspecified atom stereocenters. The number of nitro benzene ring substituents is 1. The van der Waals surface area contributed by atoms with Gasteiger partial charge in [0.25, 0.3) is 5.69 Å². The Morgan fingerprint density at radius 3 is 2.71 bits per heavy atom. The van der Waals surface area contributed by atoms with E-state index in [0.29, 0.717) is 15.6 Å². The predicted molar refractivity (Wildman–Crippen MR) is 64.6 cm³/mol. The van der Waals surface area contributed by atoms with Crippen molar-refractivity contribution in [2.45, 2.75) is 13.0 Å². The summed E-state index contributed by atoms with van der Waals surface area (Å²) in [5.74, 6) is 0. The Morgan fingerprint density at radius 1 is 1.41 bits per heavy atom. The van der Waals surface area contributed by atoms with E-state index in [1.807, 2.05) is 0 Å². The largest absolute Gasteiger partial charge is 0.322 e. The van der Waals surface area contributed by atoms with E-state index < -0.39 is 4.92 Å². The Kier molecular flexibility index (Phi) is 3.12. The SMILES string of the molecule is CC(N)c1nnc(-c2ccccc2[N+](=O)[O-])s1. The number of nitrogens with two attached hydrogens (primary N) is 1. The molecule has 1 atom stereocenters.